The molecule has 0 fully saturated rings. The van der Waals surface area contributed by atoms with Crippen molar-refractivity contribution >= 4 is 34.1 Å². The summed E-state index contributed by atoms with van der Waals surface area (Å²) in [4.78, 5) is 45.2. The number of rotatable bonds is 10. The monoisotopic (exact) mass is 524 g/mol. The first kappa shape index (κ1) is 26.0. The fraction of sp³-hybridized carbons (Fsp3) is 0.280. The largest absolute Gasteiger partial charge is 0.740 e. The van der Waals surface area contributed by atoms with Gasteiger partial charge in [-0.15, -0.1) is 0 Å². The molecule has 0 bridgehead atoms. The minimum Gasteiger partial charge on any atom is -0.740 e. The van der Waals surface area contributed by atoms with Crippen LogP contribution in [0.1, 0.15) is 37.2 Å². The van der Waals surface area contributed by atoms with E-state index in [1.54, 1.807) is 30.3 Å². The number of aromatic nitrogens is 4. The first-order valence-electron chi connectivity index (χ1n) is 11.7. The number of fused-ring (bicyclic) bond motifs is 1. The summed E-state index contributed by atoms with van der Waals surface area (Å²) in [6.45, 7) is 3.90. The van der Waals surface area contributed by atoms with Crippen molar-refractivity contribution in [2.24, 2.45) is 0 Å². The van der Waals surface area contributed by atoms with Gasteiger partial charge in [0.15, 0.2) is 5.65 Å². The zero-order valence-corrected chi connectivity index (χ0v) is 21.2. The zero-order valence-electron chi connectivity index (χ0n) is 20.4. The summed E-state index contributed by atoms with van der Waals surface area (Å²) in [5, 5.41) is 2.72. The number of H-pyrrole nitrogens is 1. The molecule has 0 saturated carbocycles. The average Bonchev–Trinajstić information content (AvgIpc) is 3.26. The van der Waals surface area contributed by atoms with Gasteiger partial charge in [-0.3, -0.25) is 18.7 Å². The van der Waals surface area contributed by atoms with Gasteiger partial charge in [-0.05, 0) is 48.2 Å². The predicted molar refractivity (Wildman–Crippen MR) is 138 cm³/mol. The second kappa shape index (κ2) is 11.4. The topological polar surface area (TPSA) is 151 Å². The van der Waals surface area contributed by atoms with Gasteiger partial charge in [-0.2, -0.15) is 0 Å². The van der Waals surface area contributed by atoms with Gasteiger partial charge in [0.25, 0.3) is 5.56 Å². The smallest absolute Gasteiger partial charge is 0.332 e. The number of hydrogen-bond acceptors (Lipinski definition) is 7. The molecule has 0 aliphatic rings. The molecule has 2 heterocycles. The summed E-state index contributed by atoms with van der Waals surface area (Å²) < 4.78 is 29.1. The minimum atomic E-state index is -2.69. The number of nitrogens with one attached hydrogen (secondary N) is 2. The normalized spacial score (nSPS) is 12.0. The number of aryl methyl sites for hydroxylation is 2. The van der Waals surface area contributed by atoms with Crippen molar-refractivity contribution in [2.75, 3.05) is 5.32 Å². The number of nitrogens with zero attached hydrogens (tertiary/aromatic N) is 3. The summed E-state index contributed by atoms with van der Waals surface area (Å²) in [7, 11) is 0. The molecule has 194 valence electrons. The summed E-state index contributed by atoms with van der Waals surface area (Å²) in [6.07, 6.45) is 1.39. The van der Waals surface area contributed by atoms with E-state index in [1.807, 2.05) is 19.1 Å². The third kappa shape index (κ3) is 6.22. The first-order valence-corrected chi connectivity index (χ1v) is 12.7. The summed E-state index contributed by atoms with van der Waals surface area (Å²) in [5.41, 5.74) is 1.98. The fourth-order valence-electron chi connectivity index (χ4n) is 4.10. The molecule has 0 aliphatic carbocycles. The van der Waals surface area contributed by atoms with Crippen LogP contribution in [0.2, 0.25) is 0 Å². The molecule has 1 unspecified atom stereocenters. The molecule has 0 radical (unpaired) electrons. The Morgan fingerprint density at radius 1 is 1.11 bits per heavy atom. The maximum absolute atomic E-state index is 13.3. The minimum absolute atomic E-state index is 0.158. The lowest BCUT2D eigenvalue weighted by Gasteiger charge is -2.11. The number of carbonyl (C=O) groups excluding carboxylic acids is 1. The van der Waals surface area contributed by atoms with Gasteiger partial charge >= 0.3 is 5.69 Å². The van der Waals surface area contributed by atoms with E-state index < -0.39 is 22.6 Å². The number of aromatic amines is 1. The molecule has 4 aromatic rings. The Labute approximate surface area is 214 Å². The molecule has 0 aliphatic heterocycles. The van der Waals surface area contributed by atoms with E-state index in [-0.39, 0.29) is 35.8 Å². The molecule has 4 rings (SSSR count). The lowest BCUT2D eigenvalue weighted by molar-refractivity contribution is -0.114. The first-order chi connectivity index (χ1) is 17.7. The number of amides is 1. The number of benzene rings is 2. The predicted octanol–water partition coefficient (Wildman–Crippen LogP) is 2.26. The SMILES string of the molecule is CCCn1c(=O)c2[nH]c(Cc3cccc(OS(=O)[O-])c3)nc2n(CCc2ccc(NC(C)=O)cc2)c1=O. The van der Waals surface area contributed by atoms with Crippen LogP contribution in [0.4, 0.5) is 5.69 Å². The Hall–Kier alpha value is -4.03. The van der Waals surface area contributed by atoms with Crippen molar-refractivity contribution < 1.29 is 17.7 Å². The third-order valence-electron chi connectivity index (χ3n) is 5.69. The Kier molecular flexibility index (Phi) is 7.99. The van der Waals surface area contributed by atoms with Crippen molar-refractivity contribution in [3.63, 3.8) is 0 Å². The zero-order chi connectivity index (χ0) is 26.5. The van der Waals surface area contributed by atoms with E-state index >= 15 is 0 Å². The second-order valence-corrected chi connectivity index (χ2v) is 9.09. The highest BCUT2D eigenvalue weighted by Gasteiger charge is 2.17. The third-order valence-corrected chi connectivity index (χ3v) is 6.02. The van der Waals surface area contributed by atoms with Crippen molar-refractivity contribution in [1.29, 1.82) is 0 Å². The van der Waals surface area contributed by atoms with Crippen LogP contribution in [0.3, 0.4) is 0 Å². The van der Waals surface area contributed by atoms with Gasteiger partial charge in [-0.25, -0.2) is 14.0 Å². The molecular weight excluding hydrogens is 498 g/mol. The summed E-state index contributed by atoms with van der Waals surface area (Å²) in [5.74, 6) is 0.456. The molecule has 11 nitrogen and oxygen atoms in total. The Morgan fingerprint density at radius 3 is 2.54 bits per heavy atom. The van der Waals surface area contributed by atoms with Crippen LogP contribution in [0.5, 0.6) is 5.75 Å². The van der Waals surface area contributed by atoms with Gasteiger partial charge in [-0.1, -0.05) is 31.2 Å². The molecule has 1 amide bonds. The van der Waals surface area contributed by atoms with E-state index in [2.05, 4.69) is 15.3 Å². The van der Waals surface area contributed by atoms with Crippen LogP contribution in [-0.4, -0.2) is 33.8 Å². The molecular formula is C25H26N5O6S-. The molecule has 2 aromatic carbocycles. The standard InChI is InChI=1S/C25H27N5O6S/c1-3-12-30-24(32)22-23(28-21(27-22)15-18-5-4-6-20(14-18)36-37(34)35)29(25(30)33)13-11-17-7-9-19(10-8-17)26-16(2)31/h4-10,14H,3,11-13,15H2,1-2H3,(H,26,31)(H,27,28)(H,34,35)/p-1. The molecule has 0 spiro atoms. The van der Waals surface area contributed by atoms with Gasteiger partial charge in [0.05, 0.1) is 0 Å². The van der Waals surface area contributed by atoms with E-state index in [0.717, 1.165) is 5.56 Å². The fourth-order valence-corrected chi connectivity index (χ4v) is 4.36. The van der Waals surface area contributed by atoms with Crippen molar-refractivity contribution in [1.82, 2.24) is 19.1 Å². The van der Waals surface area contributed by atoms with Crippen LogP contribution in [0.25, 0.3) is 11.2 Å². The molecule has 37 heavy (non-hydrogen) atoms. The average molecular weight is 525 g/mol. The maximum atomic E-state index is 13.3. The van der Waals surface area contributed by atoms with Crippen molar-refractivity contribution in [3.8, 4) is 5.75 Å². The van der Waals surface area contributed by atoms with Crippen LogP contribution in [-0.2, 0) is 42.1 Å². The van der Waals surface area contributed by atoms with Crippen LogP contribution < -0.4 is 20.7 Å². The Balaban J connectivity index is 1.67. The van der Waals surface area contributed by atoms with Gasteiger partial charge in [0.1, 0.15) is 28.5 Å². The molecule has 2 aromatic heterocycles. The van der Waals surface area contributed by atoms with Crippen LogP contribution in [0.15, 0.2) is 58.1 Å². The Bertz CT molecular complexity index is 1570. The van der Waals surface area contributed by atoms with E-state index in [1.165, 1.54) is 22.1 Å². The highest BCUT2D eigenvalue weighted by Crippen LogP contribution is 2.18. The molecule has 1 atom stereocenters. The van der Waals surface area contributed by atoms with Crippen LogP contribution in [0, 0.1) is 0 Å². The highest BCUT2D eigenvalue weighted by atomic mass is 32.2. The van der Waals surface area contributed by atoms with E-state index in [0.29, 0.717) is 36.5 Å². The van der Waals surface area contributed by atoms with Crippen molar-refractivity contribution in [3.05, 3.63) is 86.3 Å². The number of carbonyl (C=O) groups is 1. The maximum Gasteiger partial charge on any atom is 0.332 e. The molecule has 12 heteroatoms. The van der Waals surface area contributed by atoms with E-state index in [4.69, 9.17) is 4.18 Å². The lowest BCUT2D eigenvalue weighted by Crippen LogP contribution is -2.40. The van der Waals surface area contributed by atoms with E-state index in [9.17, 15) is 23.1 Å². The number of anilines is 1. The second-order valence-electron chi connectivity index (χ2n) is 8.51. The Morgan fingerprint density at radius 2 is 1.86 bits per heavy atom. The molecule has 2 N–H and O–H groups in total. The highest BCUT2D eigenvalue weighted by molar-refractivity contribution is 7.74. The summed E-state index contributed by atoms with van der Waals surface area (Å²) in [6, 6.07) is 13.8. The van der Waals surface area contributed by atoms with Gasteiger partial charge < -0.3 is 19.0 Å². The molecule has 0 saturated heterocycles. The van der Waals surface area contributed by atoms with Gasteiger partial charge in [0, 0.05) is 32.1 Å². The summed E-state index contributed by atoms with van der Waals surface area (Å²) >= 11 is -2.69. The lowest BCUT2D eigenvalue weighted by atomic mass is 10.1. The quantitative estimate of drug-likeness (QED) is 0.302. The van der Waals surface area contributed by atoms with Gasteiger partial charge in [0.2, 0.25) is 5.91 Å². The number of imidazole rings is 1. The number of hydrogen-bond donors (Lipinski definition) is 2. The van der Waals surface area contributed by atoms with Crippen LogP contribution >= 0.6 is 0 Å². The van der Waals surface area contributed by atoms with Crippen molar-refractivity contribution in [2.45, 2.75) is 46.2 Å².